The quantitative estimate of drug-likeness (QED) is 0.740. The highest BCUT2D eigenvalue weighted by molar-refractivity contribution is 5.95. The van der Waals surface area contributed by atoms with Crippen LogP contribution in [0, 0.1) is 0 Å². The summed E-state index contributed by atoms with van der Waals surface area (Å²) in [5.41, 5.74) is 3.66. The first-order valence-electron chi connectivity index (χ1n) is 8.21. The van der Waals surface area contributed by atoms with Gasteiger partial charge in [0, 0.05) is 29.9 Å². The molecule has 0 fully saturated rings. The largest absolute Gasteiger partial charge is 0.384 e. The number of rotatable bonds is 7. The number of hydrogen-bond acceptors (Lipinski definition) is 3. The predicted molar refractivity (Wildman–Crippen MR) is 98.7 cm³/mol. The Morgan fingerprint density at radius 1 is 1.00 bits per heavy atom. The van der Waals surface area contributed by atoms with Crippen LogP contribution in [0.4, 0.5) is 11.4 Å². The fraction of sp³-hybridized carbons (Fsp3) is 0.300. The molecule has 0 aliphatic carbocycles. The van der Waals surface area contributed by atoms with Crippen molar-refractivity contribution in [2.75, 3.05) is 17.2 Å². The Morgan fingerprint density at radius 3 is 2.29 bits per heavy atom. The number of carbonyl (C=O) groups excluding carboxylic acids is 2. The summed E-state index contributed by atoms with van der Waals surface area (Å²) in [6.45, 7) is 6.39. The number of anilines is 2. The molecule has 2 aromatic carbocycles. The lowest BCUT2D eigenvalue weighted by Gasteiger charge is -2.14. The molecule has 0 aromatic heterocycles. The van der Waals surface area contributed by atoms with Gasteiger partial charge in [0.15, 0.2) is 5.78 Å². The molecular weight excluding hydrogens is 300 g/mol. The fourth-order valence-corrected chi connectivity index (χ4v) is 2.48. The Morgan fingerprint density at radius 2 is 1.67 bits per heavy atom. The average Bonchev–Trinajstić information content (AvgIpc) is 2.55. The van der Waals surface area contributed by atoms with Crippen LogP contribution in [-0.4, -0.2) is 18.2 Å². The molecule has 0 heterocycles. The van der Waals surface area contributed by atoms with E-state index in [-0.39, 0.29) is 11.7 Å². The maximum absolute atomic E-state index is 12.0. The van der Waals surface area contributed by atoms with Gasteiger partial charge < -0.3 is 10.6 Å². The van der Waals surface area contributed by atoms with Gasteiger partial charge in [0.2, 0.25) is 5.91 Å². The molecule has 0 saturated heterocycles. The van der Waals surface area contributed by atoms with Crippen molar-refractivity contribution in [3.05, 3.63) is 59.7 Å². The number of ketones is 1. The average molecular weight is 324 g/mol. The molecule has 2 aromatic rings. The van der Waals surface area contributed by atoms with Crippen molar-refractivity contribution < 1.29 is 9.59 Å². The number of para-hydroxylation sites is 1. The Bertz CT molecular complexity index is 706. The van der Waals surface area contributed by atoms with Gasteiger partial charge in [0.05, 0.1) is 0 Å². The zero-order valence-electron chi connectivity index (χ0n) is 14.4. The normalized spacial score (nSPS) is 10.5. The van der Waals surface area contributed by atoms with Crippen molar-refractivity contribution in [1.82, 2.24) is 0 Å². The highest BCUT2D eigenvalue weighted by atomic mass is 16.1. The maximum Gasteiger partial charge on any atom is 0.226 e. The Kier molecular flexibility index (Phi) is 6.13. The summed E-state index contributed by atoms with van der Waals surface area (Å²) >= 11 is 0. The summed E-state index contributed by atoms with van der Waals surface area (Å²) in [5, 5.41) is 6.17. The Labute approximate surface area is 143 Å². The minimum absolute atomic E-state index is 0.0147. The standard InChI is InChI=1S/C20H24N2O2/c1-14(2)18-6-4-5-7-19(18)21-13-12-20(24)22-17-10-8-16(9-11-17)15(3)23/h4-11,14,21H,12-13H2,1-3H3,(H,22,24). The van der Waals surface area contributed by atoms with E-state index in [1.54, 1.807) is 24.3 Å². The molecule has 1 amide bonds. The topological polar surface area (TPSA) is 58.2 Å². The van der Waals surface area contributed by atoms with E-state index < -0.39 is 0 Å². The van der Waals surface area contributed by atoms with E-state index in [0.29, 0.717) is 30.1 Å². The van der Waals surface area contributed by atoms with E-state index in [4.69, 9.17) is 0 Å². The number of hydrogen-bond donors (Lipinski definition) is 2. The summed E-state index contributed by atoms with van der Waals surface area (Å²) in [4.78, 5) is 23.3. The SMILES string of the molecule is CC(=O)c1ccc(NC(=O)CCNc2ccccc2C(C)C)cc1. The predicted octanol–water partition coefficient (Wildman–Crippen LogP) is 4.45. The lowest BCUT2D eigenvalue weighted by atomic mass is 10.0. The van der Waals surface area contributed by atoms with E-state index in [0.717, 1.165) is 5.69 Å². The van der Waals surface area contributed by atoms with Crippen LogP contribution in [0.25, 0.3) is 0 Å². The molecule has 0 atom stereocenters. The van der Waals surface area contributed by atoms with Gasteiger partial charge in [-0.15, -0.1) is 0 Å². The van der Waals surface area contributed by atoms with Gasteiger partial charge in [0.1, 0.15) is 0 Å². The third-order valence-electron chi connectivity index (χ3n) is 3.83. The lowest BCUT2D eigenvalue weighted by molar-refractivity contribution is -0.115. The van der Waals surface area contributed by atoms with Gasteiger partial charge in [-0.2, -0.15) is 0 Å². The van der Waals surface area contributed by atoms with Crippen molar-refractivity contribution in [2.45, 2.75) is 33.1 Å². The van der Waals surface area contributed by atoms with Crippen molar-refractivity contribution in [2.24, 2.45) is 0 Å². The van der Waals surface area contributed by atoms with Crippen molar-refractivity contribution in [3.8, 4) is 0 Å². The number of amides is 1. The first-order chi connectivity index (χ1) is 11.5. The number of benzene rings is 2. The van der Waals surface area contributed by atoms with Gasteiger partial charge in [0.25, 0.3) is 0 Å². The first-order valence-corrected chi connectivity index (χ1v) is 8.21. The van der Waals surface area contributed by atoms with Crippen LogP contribution in [0.2, 0.25) is 0 Å². The molecule has 0 bridgehead atoms. The monoisotopic (exact) mass is 324 g/mol. The van der Waals surface area contributed by atoms with Crippen LogP contribution in [0.3, 0.4) is 0 Å². The summed E-state index contributed by atoms with van der Waals surface area (Å²) in [7, 11) is 0. The fourth-order valence-electron chi connectivity index (χ4n) is 2.48. The van der Waals surface area contributed by atoms with Gasteiger partial charge in [-0.05, 0) is 48.7 Å². The van der Waals surface area contributed by atoms with Crippen molar-refractivity contribution in [1.29, 1.82) is 0 Å². The lowest BCUT2D eigenvalue weighted by Crippen LogP contribution is -2.16. The molecule has 0 saturated carbocycles. The zero-order chi connectivity index (χ0) is 17.5. The van der Waals surface area contributed by atoms with E-state index in [9.17, 15) is 9.59 Å². The molecule has 0 unspecified atom stereocenters. The van der Waals surface area contributed by atoms with Gasteiger partial charge in [-0.3, -0.25) is 9.59 Å². The highest BCUT2D eigenvalue weighted by Crippen LogP contribution is 2.23. The summed E-state index contributed by atoms with van der Waals surface area (Å²) in [6, 6.07) is 15.1. The van der Waals surface area contributed by atoms with E-state index in [1.807, 2.05) is 18.2 Å². The minimum Gasteiger partial charge on any atom is -0.384 e. The Hall–Kier alpha value is -2.62. The summed E-state index contributed by atoms with van der Waals surface area (Å²) < 4.78 is 0. The molecule has 4 heteroatoms. The molecule has 2 rings (SSSR count). The second-order valence-electron chi connectivity index (χ2n) is 6.10. The van der Waals surface area contributed by atoms with Crippen LogP contribution in [0.1, 0.15) is 49.0 Å². The van der Waals surface area contributed by atoms with Crippen molar-refractivity contribution >= 4 is 23.1 Å². The second kappa shape index (κ2) is 8.29. The molecule has 0 aliphatic rings. The molecule has 0 aliphatic heterocycles. The molecule has 4 nitrogen and oxygen atoms in total. The summed E-state index contributed by atoms with van der Waals surface area (Å²) in [5.74, 6) is 0.392. The first kappa shape index (κ1) is 17.7. The molecule has 126 valence electrons. The van der Waals surface area contributed by atoms with Gasteiger partial charge in [-0.1, -0.05) is 32.0 Å². The Balaban J connectivity index is 1.84. The highest BCUT2D eigenvalue weighted by Gasteiger charge is 2.07. The second-order valence-corrected chi connectivity index (χ2v) is 6.10. The van der Waals surface area contributed by atoms with Crippen molar-refractivity contribution in [3.63, 3.8) is 0 Å². The summed E-state index contributed by atoms with van der Waals surface area (Å²) in [6.07, 6.45) is 0.376. The van der Waals surface area contributed by atoms with E-state index in [2.05, 4.69) is 30.5 Å². The smallest absolute Gasteiger partial charge is 0.226 e. The van der Waals surface area contributed by atoms with Gasteiger partial charge in [-0.25, -0.2) is 0 Å². The van der Waals surface area contributed by atoms with E-state index in [1.165, 1.54) is 12.5 Å². The third-order valence-corrected chi connectivity index (χ3v) is 3.83. The number of Topliss-reactive ketones (excluding diaryl/α,β-unsaturated/α-hetero) is 1. The molecular formula is C20H24N2O2. The van der Waals surface area contributed by atoms with Crippen LogP contribution in [-0.2, 0) is 4.79 Å². The van der Waals surface area contributed by atoms with Crippen LogP contribution < -0.4 is 10.6 Å². The number of nitrogens with one attached hydrogen (secondary N) is 2. The minimum atomic E-state index is -0.0555. The zero-order valence-corrected chi connectivity index (χ0v) is 14.4. The van der Waals surface area contributed by atoms with Crippen LogP contribution in [0.15, 0.2) is 48.5 Å². The van der Waals surface area contributed by atoms with E-state index >= 15 is 0 Å². The molecule has 0 radical (unpaired) electrons. The molecule has 0 spiro atoms. The number of carbonyl (C=O) groups is 2. The molecule has 2 N–H and O–H groups in total. The maximum atomic E-state index is 12.0. The molecule has 24 heavy (non-hydrogen) atoms. The van der Waals surface area contributed by atoms with Crippen LogP contribution >= 0.6 is 0 Å². The van der Waals surface area contributed by atoms with Crippen LogP contribution in [0.5, 0.6) is 0 Å². The third kappa shape index (κ3) is 4.95. The van der Waals surface area contributed by atoms with Gasteiger partial charge >= 0.3 is 0 Å².